The van der Waals surface area contributed by atoms with Crippen molar-refractivity contribution < 1.29 is 0 Å². The molecule has 1 heterocycles. The molecule has 2 N–H and O–H groups in total. The lowest BCUT2D eigenvalue weighted by Crippen LogP contribution is -2.18. The maximum atomic E-state index is 5.51. The molecule has 0 amide bonds. The van der Waals surface area contributed by atoms with Gasteiger partial charge in [0.05, 0.1) is 11.4 Å². The summed E-state index contributed by atoms with van der Waals surface area (Å²) >= 11 is 0. The largest absolute Gasteiger partial charge is 0.325 e. The van der Waals surface area contributed by atoms with E-state index in [2.05, 4.69) is 23.9 Å². The Balaban J connectivity index is 2.66. The molecule has 0 aliphatic heterocycles. The molecule has 0 bridgehead atoms. The fourth-order valence-corrected chi connectivity index (χ4v) is 1.12. The van der Waals surface area contributed by atoms with Crippen molar-refractivity contribution in [2.75, 3.05) is 13.6 Å². The van der Waals surface area contributed by atoms with E-state index in [0.29, 0.717) is 6.54 Å². The zero-order valence-electron chi connectivity index (χ0n) is 8.33. The van der Waals surface area contributed by atoms with Gasteiger partial charge in [-0.2, -0.15) is 0 Å². The summed E-state index contributed by atoms with van der Waals surface area (Å²) in [7, 11) is 2.08. The molecule has 13 heavy (non-hydrogen) atoms. The molecule has 0 unspecified atom stereocenters. The smallest absolute Gasteiger partial charge is 0.0547 e. The van der Waals surface area contributed by atoms with Crippen molar-refractivity contribution in [1.29, 1.82) is 0 Å². The maximum Gasteiger partial charge on any atom is 0.0547 e. The Bertz CT molecular complexity index is 260. The van der Waals surface area contributed by atoms with E-state index in [1.54, 1.807) is 0 Å². The molecular weight excluding hydrogens is 162 g/mol. The first-order valence-corrected chi connectivity index (χ1v) is 4.59. The lowest BCUT2D eigenvalue weighted by Gasteiger charge is -2.13. The van der Waals surface area contributed by atoms with Crippen LogP contribution in [-0.4, -0.2) is 23.5 Å². The van der Waals surface area contributed by atoms with Crippen LogP contribution in [0.3, 0.4) is 0 Å². The summed E-state index contributed by atoms with van der Waals surface area (Å²) in [4.78, 5) is 6.62. The quantitative estimate of drug-likeness (QED) is 0.749. The minimum Gasteiger partial charge on any atom is -0.325 e. The van der Waals surface area contributed by atoms with Crippen LogP contribution in [0, 0.1) is 0 Å². The lowest BCUT2D eigenvalue weighted by molar-refractivity contribution is 0.341. The lowest BCUT2D eigenvalue weighted by atomic mass is 10.3. The molecule has 0 atom stereocenters. The van der Waals surface area contributed by atoms with Crippen LogP contribution in [0.25, 0.3) is 0 Å². The second-order valence-electron chi connectivity index (χ2n) is 3.15. The number of hydrogen-bond donors (Lipinski definition) is 1. The number of nitrogens with two attached hydrogens (primary N) is 1. The molecule has 72 valence electrons. The molecule has 3 heteroatoms. The van der Waals surface area contributed by atoms with E-state index in [-0.39, 0.29) is 0 Å². The topological polar surface area (TPSA) is 42.1 Å². The maximum absolute atomic E-state index is 5.51. The number of hydrogen-bond acceptors (Lipinski definition) is 3. The Hall–Kier alpha value is -0.930. The van der Waals surface area contributed by atoms with Gasteiger partial charge >= 0.3 is 0 Å². The molecule has 1 rings (SSSR count). The number of rotatable bonds is 4. The second-order valence-corrected chi connectivity index (χ2v) is 3.15. The van der Waals surface area contributed by atoms with E-state index in [9.17, 15) is 0 Å². The highest BCUT2D eigenvalue weighted by atomic mass is 15.1. The first kappa shape index (κ1) is 10.2. The van der Waals surface area contributed by atoms with Gasteiger partial charge in [-0.3, -0.25) is 4.98 Å². The minimum atomic E-state index is 0.518. The van der Waals surface area contributed by atoms with Crippen LogP contribution in [0.4, 0.5) is 0 Å². The first-order chi connectivity index (χ1) is 6.26. The van der Waals surface area contributed by atoms with Crippen molar-refractivity contribution in [3.63, 3.8) is 0 Å². The summed E-state index contributed by atoms with van der Waals surface area (Å²) < 4.78 is 0. The molecule has 3 nitrogen and oxygen atoms in total. The van der Waals surface area contributed by atoms with Gasteiger partial charge in [-0.25, -0.2) is 0 Å². The van der Waals surface area contributed by atoms with Gasteiger partial charge in [-0.1, -0.05) is 13.0 Å². The highest BCUT2D eigenvalue weighted by molar-refractivity contribution is 5.10. The normalized spacial score (nSPS) is 10.8. The molecule has 0 saturated carbocycles. The van der Waals surface area contributed by atoms with Crippen LogP contribution in [0.5, 0.6) is 0 Å². The van der Waals surface area contributed by atoms with Crippen LogP contribution in [0.2, 0.25) is 0 Å². The third-order valence-electron chi connectivity index (χ3n) is 2.05. The van der Waals surface area contributed by atoms with Crippen molar-refractivity contribution >= 4 is 0 Å². The fraction of sp³-hybridized carbons (Fsp3) is 0.500. The average Bonchev–Trinajstić information content (AvgIpc) is 2.18. The molecule has 0 aromatic carbocycles. The first-order valence-electron chi connectivity index (χ1n) is 4.59. The third-order valence-corrected chi connectivity index (χ3v) is 2.05. The molecule has 1 aromatic heterocycles. The molecule has 0 aliphatic carbocycles. The summed E-state index contributed by atoms with van der Waals surface area (Å²) in [5.74, 6) is 0. The number of aromatic nitrogens is 1. The predicted molar refractivity (Wildman–Crippen MR) is 54.1 cm³/mol. The standard InChI is InChI=1S/C10H17N3/c1-3-13(2)8-10-6-4-5-9(7-11)12-10/h4-6H,3,7-8,11H2,1-2H3. The molecule has 0 fully saturated rings. The van der Waals surface area contributed by atoms with Gasteiger partial charge in [0.25, 0.3) is 0 Å². The average molecular weight is 179 g/mol. The van der Waals surface area contributed by atoms with Crippen molar-refractivity contribution in [3.8, 4) is 0 Å². The highest BCUT2D eigenvalue weighted by Gasteiger charge is 1.99. The Kier molecular flexibility index (Phi) is 3.86. The summed E-state index contributed by atoms with van der Waals surface area (Å²) in [6.07, 6.45) is 0. The van der Waals surface area contributed by atoms with E-state index >= 15 is 0 Å². The van der Waals surface area contributed by atoms with Crippen LogP contribution in [0.1, 0.15) is 18.3 Å². The van der Waals surface area contributed by atoms with Gasteiger partial charge in [-0.15, -0.1) is 0 Å². The second kappa shape index (κ2) is 4.94. The van der Waals surface area contributed by atoms with Gasteiger partial charge in [0.15, 0.2) is 0 Å². The van der Waals surface area contributed by atoms with E-state index in [1.807, 2.05) is 18.2 Å². The number of nitrogens with zero attached hydrogens (tertiary/aromatic N) is 2. The van der Waals surface area contributed by atoms with E-state index in [1.165, 1.54) is 0 Å². The van der Waals surface area contributed by atoms with Gasteiger partial charge in [0, 0.05) is 13.1 Å². The number of pyridine rings is 1. The van der Waals surface area contributed by atoms with E-state index < -0.39 is 0 Å². The van der Waals surface area contributed by atoms with Crippen molar-refractivity contribution in [2.24, 2.45) is 5.73 Å². The van der Waals surface area contributed by atoms with Crippen LogP contribution in [-0.2, 0) is 13.1 Å². The minimum absolute atomic E-state index is 0.518. The molecule has 0 aliphatic rings. The molecule has 0 radical (unpaired) electrons. The third kappa shape index (κ3) is 3.13. The molecule has 1 aromatic rings. The van der Waals surface area contributed by atoms with Crippen molar-refractivity contribution in [2.45, 2.75) is 20.0 Å². The predicted octanol–water partition coefficient (Wildman–Crippen LogP) is 0.992. The summed E-state index contributed by atoms with van der Waals surface area (Å²) in [6.45, 7) is 4.58. The summed E-state index contributed by atoms with van der Waals surface area (Å²) in [5, 5.41) is 0. The van der Waals surface area contributed by atoms with Crippen molar-refractivity contribution in [3.05, 3.63) is 29.6 Å². The van der Waals surface area contributed by atoms with E-state index in [4.69, 9.17) is 5.73 Å². The van der Waals surface area contributed by atoms with Crippen molar-refractivity contribution in [1.82, 2.24) is 9.88 Å². The molecule has 0 spiro atoms. The van der Waals surface area contributed by atoms with Crippen LogP contribution < -0.4 is 5.73 Å². The Labute approximate surface area is 79.6 Å². The van der Waals surface area contributed by atoms with E-state index in [0.717, 1.165) is 24.5 Å². The zero-order valence-corrected chi connectivity index (χ0v) is 8.33. The Morgan fingerprint density at radius 3 is 2.69 bits per heavy atom. The molecule has 0 saturated heterocycles. The monoisotopic (exact) mass is 179 g/mol. The van der Waals surface area contributed by atoms with Gasteiger partial charge < -0.3 is 10.6 Å². The van der Waals surface area contributed by atoms with Crippen LogP contribution >= 0.6 is 0 Å². The fourth-order valence-electron chi connectivity index (χ4n) is 1.12. The highest BCUT2D eigenvalue weighted by Crippen LogP contribution is 2.01. The summed E-state index contributed by atoms with van der Waals surface area (Å²) in [6, 6.07) is 5.99. The Morgan fingerprint density at radius 1 is 1.38 bits per heavy atom. The van der Waals surface area contributed by atoms with Gasteiger partial charge in [0.2, 0.25) is 0 Å². The van der Waals surface area contributed by atoms with Gasteiger partial charge in [-0.05, 0) is 25.7 Å². The molecular formula is C10H17N3. The Morgan fingerprint density at radius 2 is 2.08 bits per heavy atom. The SMILES string of the molecule is CCN(C)Cc1cccc(CN)n1. The summed E-state index contributed by atoms with van der Waals surface area (Å²) in [5.41, 5.74) is 7.56. The van der Waals surface area contributed by atoms with Gasteiger partial charge in [0.1, 0.15) is 0 Å². The zero-order chi connectivity index (χ0) is 9.68. The van der Waals surface area contributed by atoms with Crippen LogP contribution in [0.15, 0.2) is 18.2 Å².